The van der Waals surface area contributed by atoms with Crippen LogP contribution in [0.1, 0.15) is 30.7 Å². The summed E-state index contributed by atoms with van der Waals surface area (Å²) in [5.41, 5.74) is 3.29. The van der Waals surface area contributed by atoms with Crippen molar-refractivity contribution in [2.75, 3.05) is 5.73 Å². The van der Waals surface area contributed by atoms with Crippen LogP contribution in [0.25, 0.3) is 11.3 Å². The van der Waals surface area contributed by atoms with Gasteiger partial charge in [-0.05, 0) is 50.2 Å². The summed E-state index contributed by atoms with van der Waals surface area (Å²) in [7, 11) is -4.54. The second-order valence-electron chi connectivity index (χ2n) is 8.21. The minimum Gasteiger partial charge on any atom is -0.477 e. The second kappa shape index (κ2) is 8.65. The van der Waals surface area contributed by atoms with Crippen LogP contribution in [-0.2, 0) is 25.1 Å². The lowest BCUT2D eigenvalue weighted by molar-refractivity contribution is -0.125. The molecule has 0 saturated carbocycles. The molecule has 2 heterocycles. The molecular formula is C23H17ClF3N3O4S. The third kappa shape index (κ3) is 4.61. The Bertz CT molecular complexity index is 1520. The van der Waals surface area contributed by atoms with E-state index in [4.69, 9.17) is 22.1 Å². The van der Waals surface area contributed by atoms with E-state index in [1.54, 1.807) is 0 Å². The summed E-state index contributed by atoms with van der Waals surface area (Å²) in [6.07, 6.45) is 1.32. The number of sulfone groups is 1. The van der Waals surface area contributed by atoms with E-state index in [0.29, 0.717) is 12.1 Å². The Morgan fingerprint density at radius 3 is 2.51 bits per heavy atom. The Balaban J connectivity index is 1.89. The first-order valence-electron chi connectivity index (χ1n) is 10.0. The fraction of sp³-hybridized carbons (Fsp3) is 0.174. The molecule has 1 aliphatic heterocycles. The van der Waals surface area contributed by atoms with Gasteiger partial charge < -0.3 is 10.5 Å². The van der Waals surface area contributed by atoms with Gasteiger partial charge in [-0.15, -0.1) is 0 Å². The molecule has 0 radical (unpaired) electrons. The molecule has 0 saturated heterocycles. The topological polar surface area (TPSA) is 112 Å². The van der Waals surface area contributed by atoms with Crippen LogP contribution in [0.15, 0.2) is 47.5 Å². The second-order valence-corrected chi connectivity index (χ2v) is 10.6. The number of hydrogen-bond acceptors (Lipinski definition) is 7. The first kappa shape index (κ1) is 24.7. The number of Topliss-reactive ketones (excluding diaryl/α,β-unsaturated/α-hetero) is 1. The molecule has 0 bridgehead atoms. The maximum Gasteiger partial charge on any atom is 0.220 e. The summed E-state index contributed by atoms with van der Waals surface area (Å²) < 4.78 is 74.8. The highest BCUT2D eigenvalue weighted by atomic mass is 35.5. The number of halogens is 4. The van der Waals surface area contributed by atoms with Gasteiger partial charge in [-0.2, -0.15) is 0 Å². The largest absolute Gasteiger partial charge is 0.477 e. The number of benzene rings is 2. The number of aromatic nitrogens is 2. The zero-order chi connectivity index (χ0) is 25.7. The number of nitrogens with two attached hydrogens (primary N) is 1. The number of carbonyl (C=O) groups is 1. The number of anilines is 1. The molecule has 2 N–H and O–H groups in total. The van der Waals surface area contributed by atoms with Crippen molar-refractivity contribution in [3.05, 3.63) is 81.9 Å². The number of nitrogen functional groups attached to an aromatic ring is 1. The highest BCUT2D eigenvalue weighted by molar-refractivity contribution is 7.90. The van der Waals surface area contributed by atoms with Gasteiger partial charge in [0.1, 0.15) is 28.0 Å². The normalized spacial score (nSPS) is 15.4. The highest BCUT2D eigenvalue weighted by Crippen LogP contribution is 2.42. The molecular weight excluding hydrogens is 507 g/mol. The lowest BCUT2D eigenvalue weighted by Gasteiger charge is -2.17. The van der Waals surface area contributed by atoms with Gasteiger partial charge in [0, 0.05) is 22.3 Å². The number of carbonyl (C=O) groups excluding carboxylic acids is 1. The molecule has 0 spiro atoms. The minimum absolute atomic E-state index is 0.0970. The van der Waals surface area contributed by atoms with Crippen LogP contribution in [0.3, 0.4) is 0 Å². The Morgan fingerprint density at radius 2 is 1.83 bits per heavy atom. The first-order chi connectivity index (χ1) is 16.3. The molecule has 4 rings (SSSR count). The van der Waals surface area contributed by atoms with Gasteiger partial charge in [-0.3, -0.25) is 4.79 Å². The van der Waals surface area contributed by atoms with Crippen molar-refractivity contribution in [3.8, 4) is 0 Å². The van der Waals surface area contributed by atoms with E-state index in [-0.39, 0.29) is 33.6 Å². The maximum absolute atomic E-state index is 15.7. The number of nitrogens with zero attached hydrogens (tertiary/aromatic N) is 2. The SMILES string of the molecule is CC1(C)OC(c2ccnc(N)n2)=C(c2cc(Cl)cc(CS(=O)(=O)c3cc(F)ccc3F)c2F)C1=O. The molecule has 182 valence electrons. The summed E-state index contributed by atoms with van der Waals surface area (Å²) in [5, 5.41) is -0.0992. The van der Waals surface area contributed by atoms with Crippen molar-refractivity contribution < 1.29 is 31.1 Å². The van der Waals surface area contributed by atoms with E-state index in [2.05, 4.69) is 9.97 Å². The number of ketones is 1. The monoisotopic (exact) mass is 523 g/mol. The summed E-state index contributed by atoms with van der Waals surface area (Å²) in [5.74, 6) is -5.15. The molecule has 3 aromatic rings. The van der Waals surface area contributed by atoms with Gasteiger partial charge in [0.15, 0.2) is 21.2 Å². The Kier molecular flexibility index (Phi) is 6.10. The highest BCUT2D eigenvalue weighted by Gasteiger charge is 2.44. The van der Waals surface area contributed by atoms with Crippen LogP contribution in [-0.4, -0.2) is 29.8 Å². The summed E-state index contributed by atoms with van der Waals surface area (Å²) in [6.45, 7) is 2.93. The lowest BCUT2D eigenvalue weighted by Crippen LogP contribution is -2.29. The molecule has 1 aliphatic rings. The van der Waals surface area contributed by atoms with E-state index < -0.39 is 54.9 Å². The van der Waals surface area contributed by atoms with Gasteiger partial charge in [0.05, 0.1) is 11.3 Å². The molecule has 7 nitrogen and oxygen atoms in total. The molecule has 12 heteroatoms. The standard InChI is InChI=1S/C23H17ClF3N3O4S/c1-23(2)21(31)18(20(34-23)16-5-6-29-22(28)30-16)14-8-12(24)7-11(19(14)27)10-35(32,33)17-9-13(25)3-4-15(17)26/h3-9H,10H2,1-2H3,(H2,28,29,30). The Labute approximate surface area is 203 Å². The van der Waals surface area contributed by atoms with Crippen LogP contribution in [0.4, 0.5) is 19.1 Å². The molecule has 0 fully saturated rings. The zero-order valence-electron chi connectivity index (χ0n) is 18.3. The number of hydrogen-bond donors (Lipinski definition) is 1. The van der Waals surface area contributed by atoms with Gasteiger partial charge in [0.25, 0.3) is 0 Å². The fourth-order valence-corrected chi connectivity index (χ4v) is 5.29. The average molecular weight is 524 g/mol. The summed E-state index contributed by atoms with van der Waals surface area (Å²) >= 11 is 6.15. The van der Waals surface area contributed by atoms with E-state index in [1.165, 1.54) is 26.1 Å². The lowest BCUT2D eigenvalue weighted by atomic mass is 9.92. The van der Waals surface area contributed by atoms with E-state index in [9.17, 15) is 22.0 Å². The summed E-state index contributed by atoms with van der Waals surface area (Å²) in [4.78, 5) is 20.1. The van der Waals surface area contributed by atoms with Gasteiger partial charge >= 0.3 is 0 Å². The van der Waals surface area contributed by atoms with Gasteiger partial charge in [-0.1, -0.05) is 11.6 Å². The van der Waals surface area contributed by atoms with E-state index >= 15 is 4.39 Å². The number of ether oxygens (including phenoxy) is 1. The van der Waals surface area contributed by atoms with Crippen LogP contribution in [0, 0.1) is 17.5 Å². The van der Waals surface area contributed by atoms with Crippen molar-refractivity contribution in [3.63, 3.8) is 0 Å². The first-order valence-corrected chi connectivity index (χ1v) is 12.1. The van der Waals surface area contributed by atoms with Crippen molar-refractivity contribution in [2.24, 2.45) is 0 Å². The van der Waals surface area contributed by atoms with Crippen LogP contribution in [0.2, 0.25) is 5.02 Å². The predicted octanol–water partition coefficient (Wildman–Crippen LogP) is 4.35. The fourth-order valence-electron chi connectivity index (χ4n) is 3.61. The van der Waals surface area contributed by atoms with Crippen LogP contribution < -0.4 is 5.73 Å². The summed E-state index contributed by atoms with van der Waals surface area (Å²) in [6, 6.07) is 5.49. The number of rotatable bonds is 5. The molecule has 1 aromatic heterocycles. The molecule has 35 heavy (non-hydrogen) atoms. The Hall–Kier alpha value is -3.44. The van der Waals surface area contributed by atoms with Crippen molar-refractivity contribution >= 4 is 44.5 Å². The van der Waals surface area contributed by atoms with E-state index in [1.807, 2.05) is 0 Å². The zero-order valence-corrected chi connectivity index (χ0v) is 19.8. The van der Waals surface area contributed by atoms with Crippen LogP contribution >= 0.6 is 11.6 Å². The minimum atomic E-state index is -4.54. The predicted molar refractivity (Wildman–Crippen MR) is 122 cm³/mol. The average Bonchev–Trinajstić information content (AvgIpc) is 3.01. The maximum atomic E-state index is 15.7. The van der Waals surface area contributed by atoms with Crippen molar-refractivity contribution in [1.82, 2.24) is 9.97 Å². The molecule has 0 amide bonds. The van der Waals surface area contributed by atoms with Crippen molar-refractivity contribution in [1.29, 1.82) is 0 Å². The Morgan fingerprint density at radius 1 is 1.11 bits per heavy atom. The van der Waals surface area contributed by atoms with E-state index in [0.717, 1.165) is 18.2 Å². The van der Waals surface area contributed by atoms with Crippen molar-refractivity contribution in [2.45, 2.75) is 30.1 Å². The third-order valence-corrected chi connectivity index (χ3v) is 7.11. The van der Waals surface area contributed by atoms with Gasteiger partial charge in [-0.25, -0.2) is 31.6 Å². The molecule has 0 aliphatic carbocycles. The molecule has 2 aromatic carbocycles. The van der Waals surface area contributed by atoms with Crippen LogP contribution in [0.5, 0.6) is 0 Å². The quantitative estimate of drug-likeness (QED) is 0.529. The smallest absolute Gasteiger partial charge is 0.220 e. The van der Waals surface area contributed by atoms with Gasteiger partial charge in [0.2, 0.25) is 11.7 Å². The third-order valence-electron chi connectivity index (χ3n) is 5.22. The molecule has 0 atom stereocenters. The molecule has 0 unspecified atom stereocenters.